The zero-order valence-corrected chi connectivity index (χ0v) is 8.22. The third-order valence-corrected chi connectivity index (χ3v) is 1.74. The summed E-state index contributed by atoms with van der Waals surface area (Å²) in [7, 11) is 0. The molecule has 0 heterocycles. The SMILES string of the molecule is CCNCCOc1ccc(N)cc1F. The molecular formula is C10H15FN2O. The van der Waals surface area contributed by atoms with Crippen molar-refractivity contribution in [1.29, 1.82) is 0 Å². The highest BCUT2D eigenvalue weighted by molar-refractivity contribution is 5.42. The van der Waals surface area contributed by atoms with Gasteiger partial charge in [-0.1, -0.05) is 6.92 Å². The van der Waals surface area contributed by atoms with Gasteiger partial charge in [0.1, 0.15) is 6.61 Å². The maximum atomic E-state index is 13.1. The standard InChI is InChI=1S/C10H15FN2O/c1-2-13-5-6-14-10-4-3-8(12)7-9(10)11/h3-4,7,13H,2,5-6,12H2,1H3. The molecule has 0 aliphatic carbocycles. The van der Waals surface area contributed by atoms with Crippen LogP contribution in [0.4, 0.5) is 10.1 Å². The topological polar surface area (TPSA) is 47.3 Å². The molecule has 0 aromatic heterocycles. The Morgan fingerprint density at radius 1 is 1.50 bits per heavy atom. The van der Waals surface area contributed by atoms with Gasteiger partial charge in [-0.2, -0.15) is 0 Å². The van der Waals surface area contributed by atoms with Crippen LogP contribution in [0.1, 0.15) is 6.92 Å². The third-order valence-electron chi connectivity index (χ3n) is 1.74. The molecule has 0 saturated carbocycles. The lowest BCUT2D eigenvalue weighted by Gasteiger charge is -2.07. The number of likely N-dealkylation sites (N-methyl/N-ethyl adjacent to an activating group) is 1. The minimum absolute atomic E-state index is 0.247. The summed E-state index contributed by atoms with van der Waals surface area (Å²) in [6.07, 6.45) is 0. The monoisotopic (exact) mass is 198 g/mol. The van der Waals surface area contributed by atoms with E-state index in [0.717, 1.165) is 6.54 Å². The predicted octanol–water partition coefficient (Wildman–Crippen LogP) is 1.40. The summed E-state index contributed by atoms with van der Waals surface area (Å²) in [4.78, 5) is 0. The van der Waals surface area contributed by atoms with Crippen LogP contribution in [0.15, 0.2) is 18.2 Å². The lowest BCUT2D eigenvalue weighted by molar-refractivity contribution is 0.300. The third kappa shape index (κ3) is 3.22. The van der Waals surface area contributed by atoms with Crippen molar-refractivity contribution in [2.24, 2.45) is 0 Å². The number of ether oxygens (including phenoxy) is 1. The first-order valence-electron chi connectivity index (χ1n) is 4.62. The molecule has 1 rings (SSSR count). The van der Waals surface area contributed by atoms with E-state index in [1.54, 1.807) is 6.07 Å². The van der Waals surface area contributed by atoms with Gasteiger partial charge >= 0.3 is 0 Å². The van der Waals surface area contributed by atoms with Crippen LogP contribution in [-0.4, -0.2) is 19.7 Å². The lowest BCUT2D eigenvalue weighted by Crippen LogP contribution is -2.20. The molecule has 1 aromatic rings. The molecule has 0 aliphatic heterocycles. The van der Waals surface area contributed by atoms with E-state index < -0.39 is 5.82 Å². The highest BCUT2D eigenvalue weighted by Gasteiger charge is 2.02. The van der Waals surface area contributed by atoms with E-state index in [0.29, 0.717) is 18.8 Å². The van der Waals surface area contributed by atoms with Gasteiger partial charge in [0.15, 0.2) is 11.6 Å². The maximum Gasteiger partial charge on any atom is 0.167 e. The smallest absolute Gasteiger partial charge is 0.167 e. The fraction of sp³-hybridized carbons (Fsp3) is 0.400. The lowest BCUT2D eigenvalue weighted by atomic mass is 10.3. The van der Waals surface area contributed by atoms with E-state index in [1.165, 1.54) is 12.1 Å². The van der Waals surface area contributed by atoms with Crippen LogP contribution in [0.2, 0.25) is 0 Å². The number of benzene rings is 1. The van der Waals surface area contributed by atoms with Crippen molar-refractivity contribution >= 4 is 5.69 Å². The average molecular weight is 198 g/mol. The number of nitrogens with one attached hydrogen (secondary N) is 1. The summed E-state index contributed by atoms with van der Waals surface area (Å²) in [6.45, 7) is 4.05. The molecule has 1 aromatic carbocycles. The average Bonchev–Trinajstić information content (AvgIpc) is 2.15. The first-order valence-corrected chi connectivity index (χ1v) is 4.62. The molecule has 14 heavy (non-hydrogen) atoms. The van der Waals surface area contributed by atoms with Crippen LogP contribution in [0.3, 0.4) is 0 Å². The molecule has 4 heteroatoms. The molecule has 0 atom stereocenters. The molecule has 0 bridgehead atoms. The van der Waals surface area contributed by atoms with E-state index in [1.807, 2.05) is 6.92 Å². The second-order valence-electron chi connectivity index (χ2n) is 2.89. The van der Waals surface area contributed by atoms with Crippen LogP contribution in [-0.2, 0) is 0 Å². The van der Waals surface area contributed by atoms with Gasteiger partial charge in [0.2, 0.25) is 0 Å². The van der Waals surface area contributed by atoms with Crippen molar-refractivity contribution in [1.82, 2.24) is 5.32 Å². The Kier molecular flexibility index (Phi) is 4.19. The second kappa shape index (κ2) is 5.44. The summed E-state index contributed by atoms with van der Waals surface area (Å²) < 4.78 is 18.3. The minimum Gasteiger partial charge on any atom is -0.489 e. The van der Waals surface area contributed by atoms with Crippen LogP contribution in [0, 0.1) is 5.82 Å². The van der Waals surface area contributed by atoms with Crippen molar-refractivity contribution in [2.75, 3.05) is 25.4 Å². The number of halogens is 1. The number of hydrogen-bond acceptors (Lipinski definition) is 3. The first-order chi connectivity index (χ1) is 6.74. The fourth-order valence-electron chi connectivity index (χ4n) is 1.04. The molecule has 0 aliphatic rings. The quantitative estimate of drug-likeness (QED) is 0.555. The van der Waals surface area contributed by atoms with E-state index in [2.05, 4.69) is 5.32 Å². The molecule has 78 valence electrons. The molecule has 0 saturated heterocycles. The normalized spacial score (nSPS) is 10.1. The molecular weight excluding hydrogens is 183 g/mol. The van der Waals surface area contributed by atoms with E-state index in [4.69, 9.17) is 10.5 Å². The highest BCUT2D eigenvalue weighted by atomic mass is 19.1. The van der Waals surface area contributed by atoms with Gasteiger partial charge in [-0.3, -0.25) is 0 Å². The molecule has 0 amide bonds. The highest BCUT2D eigenvalue weighted by Crippen LogP contribution is 2.18. The van der Waals surface area contributed by atoms with E-state index in [-0.39, 0.29) is 5.75 Å². The zero-order valence-electron chi connectivity index (χ0n) is 8.22. The van der Waals surface area contributed by atoms with Crippen molar-refractivity contribution < 1.29 is 9.13 Å². The van der Waals surface area contributed by atoms with Gasteiger partial charge in [0.25, 0.3) is 0 Å². The van der Waals surface area contributed by atoms with Gasteiger partial charge in [-0.25, -0.2) is 4.39 Å². The number of nitrogen functional groups attached to an aromatic ring is 1. The Balaban J connectivity index is 2.42. The molecule has 0 radical (unpaired) electrons. The summed E-state index contributed by atoms with van der Waals surface area (Å²) in [5.74, 6) is -0.168. The summed E-state index contributed by atoms with van der Waals surface area (Å²) in [5, 5.41) is 3.08. The molecule has 0 fully saturated rings. The van der Waals surface area contributed by atoms with Crippen LogP contribution in [0.5, 0.6) is 5.75 Å². The first kappa shape index (κ1) is 10.8. The van der Waals surface area contributed by atoms with Gasteiger partial charge in [-0.15, -0.1) is 0 Å². The number of hydrogen-bond donors (Lipinski definition) is 2. The second-order valence-corrected chi connectivity index (χ2v) is 2.89. The summed E-state index contributed by atoms with van der Waals surface area (Å²) >= 11 is 0. The number of anilines is 1. The van der Waals surface area contributed by atoms with Gasteiger partial charge in [0, 0.05) is 18.3 Å². The fourth-order valence-corrected chi connectivity index (χ4v) is 1.04. The van der Waals surface area contributed by atoms with Crippen molar-refractivity contribution in [2.45, 2.75) is 6.92 Å². The zero-order chi connectivity index (χ0) is 10.4. The predicted molar refractivity (Wildman–Crippen MR) is 54.9 cm³/mol. The molecule has 0 spiro atoms. The Morgan fingerprint density at radius 2 is 2.29 bits per heavy atom. The van der Waals surface area contributed by atoms with Crippen LogP contribution < -0.4 is 15.8 Å². The Labute approximate surface area is 83.1 Å². The molecule has 3 nitrogen and oxygen atoms in total. The Hall–Kier alpha value is -1.29. The van der Waals surface area contributed by atoms with Gasteiger partial charge in [-0.05, 0) is 18.7 Å². The van der Waals surface area contributed by atoms with E-state index >= 15 is 0 Å². The van der Waals surface area contributed by atoms with Crippen molar-refractivity contribution in [3.63, 3.8) is 0 Å². The Bertz CT molecular complexity index is 291. The van der Waals surface area contributed by atoms with Crippen LogP contribution >= 0.6 is 0 Å². The van der Waals surface area contributed by atoms with Crippen LogP contribution in [0.25, 0.3) is 0 Å². The Morgan fingerprint density at radius 3 is 2.93 bits per heavy atom. The van der Waals surface area contributed by atoms with Crippen molar-refractivity contribution in [3.05, 3.63) is 24.0 Å². The van der Waals surface area contributed by atoms with E-state index in [9.17, 15) is 4.39 Å². The molecule has 0 unspecified atom stereocenters. The summed E-state index contributed by atoms with van der Waals surface area (Å²) in [6, 6.07) is 4.41. The maximum absolute atomic E-state index is 13.1. The van der Waals surface area contributed by atoms with Crippen molar-refractivity contribution in [3.8, 4) is 5.75 Å². The minimum atomic E-state index is -0.415. The largest absolute Gasteiger partial charge is 0.489 e. The molecule has 3 N–H and O–H groups in total. The number of nitrogens with two attached hydrogens (primary N) is 1. The summed E-state index contributed by atoms with van der Waals surface area (Å²) in [5.41, 5.74) is 5.80. The van der Waals surface area contributed by atoms with Gasteiger partial charge < -0.3 is 15.8 Å². The van der Waals surface area contributed by atoms with Gasteiger partial charge in [0.05, 0.1) is 0 Å². The number of rotatable bonds is 5.